The maximum atomic E-state index is 8.88. The fourth-order valence-corrected chi connectivity index (χ4v) is 4.60. The maximum absolute atomic E-state index is 8.88. The lowest BCUT2D eigenvalue weighted by Gasteiger charge is -2.16. The number of phosphoric acid groups is 1. The van der Waals surface area contributed by atoms with Gasteiger partial charge in [0, 0.05) is 6.61 Å². The summed E-state index contributed by atoms with van der Waals surface area (Å²) < 4.78 is 8.88. The van der Waals surface area contributed by atoms with E-state index in [1.165, 1.54) is 70.0 Å². The summed E-state index contributed by atoms with van der Waals surface area (Å²) in [7, 11) is -4.64. The smallest absolute Gasteiger partial charge is 0.396 e. The summed E-state index contributed by atoms with van der Waals surface area (Å²) in [5.41, 5.74) is 0. The van der Waals surface area contributed by atoms with Crippen LogP contribution in [0.2, 0.25) is 0 Å². The van der Waals surface area contributed by atoms with E-state index in [1.54, 1.807) is 0 Å². The second-order valence-electron chi connectivity index (χ2n) is 9.49. The predicted molar refractivity (Wildman–Crippen MR) is 132 cm³/mol. The van der Waals surface area contributed by atoms with Gasteiger partial charge in [0.05, 0.1) is 0 Å². The van der Waals surface area contributed by atoms with E-state index in [2.05, 4.69) is 34.6 Å². The van der Waals surface area contributed by atoms with E-state index in [0.29, 0.717) is 6.61 Å². The van der Waals surface area contributed by atoms with Crippen molar-refractivity contribution in [2.75, 3.05) is 18.1 Å². The first kappa shape index (κ1) is 32.6. The second-order valence-corrected chi connectivity index (χ2v) is 11.7. The lowest BCUT2D eigenvalue weighted by molar-refractivity contribution is 0.275. The highest BCUT2D eigenvalue weighted by Crippen LogP contribution is 2.26. The molecular weight excluding hydrogens is 419 g/mol. The molecule has 0 aromatic heterocycles. The summed E-state index contributed by atoms with van der Waals surface area (Å²) in [4.78, 5) is 21.6. The highest BCUT2D eigenvalue weighted by atomic mass is 32.2. The molecule has 7 heteroatoms. The molecule has 0 saturated carbocycles. The van der Waals surface area contributed by atoms with Gasteiger partial charge in [0.1, 0.15) is 0 Å². The van der Waals surface area contributed by atoms with Crippen molar-refractivity contribution in [2.45, 2.75) is 105 Å². The molecule has 3 atom stereocenters. The van der Waals surface area contributed by atoms with Crippen LogP contribution in [0, 0.1) is 23.7 Å². The molecule has 4 N–H and O–H groups in total. The van der Waals surface area contributed by atoms with E-state index in [4.69, 9.17) is 24.4 Å². The van der Waals surface area contributed by atoms with E-state index in [-0.39, 0.29) is 0 Å². The monoisotopic (exact) mass is 470 g/mol. The minimum absolute atomic E-state index is 0.344. The van der Waals surface area contributed by atoms with Gasteiger partial charge in [0.15, 0.2) is 0 Å². The molecule has 0 aromatic carbocycles. The minimum Gasteiger partial charge on any atom is -0.396 e. The molecule has 184 valence electrons. The Kier molecular flexibility index (Phi) is 23.1. The van der Waals surface area contributed by atoms with Crippen LogP contribution in [0.15, 0.2) is 0 Å². The van der Waals surface area contributed by atoms with Crippen LogP contribution in [0.3, 0.4) is 0 Å². The fraction of sp³-hybridized carbons (Fsp3) is 1.00. The molecule has 0 radical (unpaired) electrons. The third-order valence-electron chi connectivity index (χ3n) is 5.47. The highest BCUT2D eigenvalue weighted by Gasteiger charge is 2.08. The van der Waals surface area contributed by atoms with Gasteiger partial charge in [-0.2, -0.15) is 11.8 Å². The van der Waals surface area contributed by atoms with Crippen LogP contribution in [-0.4, -0.2) is 37.9 Å². The molecule has 0 heterocycles. The van der Waals surface area contributed by atoms with Gasteiger partial charge in [-0.3, -0.25) is 0 Å². The molecule has 0 fully saturated rings. The molecule has 0 aliphatic rings. The zero-order valence-electron chi connectivity index (χ0n) is 20.3. The molecule has 30 heavy (non-hydrogen) atoms. The van der Waals surface area contributed by atoms with Crippen LogP contribution >= 0.6 is 19.6 Å². The van der Waals surface area contributed by atoms with Crippen LogP contribution < -0.4 is 0 Å². The van der Waals surface area contributed by atoms with Gasteiger partial charge in [0.2, 0.25) is 0 Å². The van der Waals surface area contributed by atoms with Gasteiger partial charge >= 0.3 is 7.82 Å². The molecule has 0 aromatic rings. The van der Waals surface area contributed by atoms with Crippen LogP contribution in [0.4, 0.5) is 0 Å². The topological polar surface area (TPSA) is 98.0 Å². The molecular formula is C23H51O5PS. The van der Waals surface area contributed by atoms with Crippen LogP contribution in [0.1, 0.15) is 105 Å². The number of aliphatic hydroxyl groups is 1. The van der Waals surface area contributed by atoms with E-state index < -0.39 is 7.82 Å². The summed E-state index contributed by atoms with van der Waals surface area (Å²) in [6.07, 6.45) is 15.1. The molecule has 5 nitrogen and oxygen atoms in total. The Balaban J connectivity index is 0. The van der Waals surface area contributed by atoms with E-state index >= 15 is 0 Å². The largest absolute Gasteiger partial charge is 0.466 e. The third-order valence-corrected chi connectivity index (χ3v) is 6.57. The SMILES string of the molecule is CC(C)CCCC(C)CCCC(C)CCCC(C)CCSCCCO.O=P(O)(O)O. The summed E-state index contributed by atoms with van der Waals surface area (Å²) in [6.45, 7) is 12.3. The van der Waals surface area contributed by atoms with E-state index in [1.807, 2.05) is 11.8 Å². The number of hydrogen-bond donors (Lipinski definition) is 4. The number of aliphatic hydroxyl groups excluding tert-OH is 1. The van der Waals surface area contributed by atoms with Gasteiger partial charge in [-0.1, -0.05) is 92.4 Å². The number of thioether (sulfide) groups is 1. The van der Waals surface area contributed by atoms with Crippen LogP contribution in [0.5, 0.6) is 0 Å². The fourth-order valence-electron chi connectivity index (χ4n) is 3.49. The normalized spacial score (nSPS) is 14.9. The van der Waals surface area contributed by atoms with Crippen molar-refractivity contribution >= 4 is 19.6 Å². The quantitative estimate of drug-likeness (QED) is 0.132. The van der Waals surface area contributed by atoms with Crippen molar-refractivity contribution in [1.82, 2.24) is 0 Å². The van der Waals surface area contributed by atoms with Crippen molar-refractivity contribution in [3.63, 3.8) is 0 Å². The van der Waals surface area contributed by atoms with Crippen molar-refractivity contribution in [3.8, 4) is 0 Å². The Bertz CT molecular complexity index is 395. The lowest BCUT2D eigenvalue weighted by Crippen LogP contribution is -2.02. The molecule has 0 rings (SSSR count). The average molecular weight is 471 g/mol. The zero-order valence-corrected chi connectivity index (χ0v) is 22.0. The standard InChI is InChI=1S/C23H48OS.H3O4P/c1-20(2)10-6-11-21(3)12-7-13-22(4)14-8-15-23(5)16-19-25-18-9-17-24;1-5(2,3)4/h20-24H,6-19H2,1-5H3;(H3,1,2,3,4). The molecule has 0 bridgehead atoms. The second kappa shape index (κ2) is 21.3. The first-order valence-electron chi connectivity index (χ1n) is 11.9. The highest BCUT2D eigenvalue weighted by molar-refractivity contribution is 7.99. The summed E-state index contributed by atoms with van der Waals surface area (Å²) >= 11 is 2.01. The van der Waals surface area contributed by atoms with E-state index in [9.17, 15) is 0 Å². The lowest BCUT2D eigenvalue weighted by atomic mass is 9.91. The summed E-state index contributed by atoms with van der Waals surface area (Å²) in [5.74, 6) is 5.97. The van der Waals surface area contributed by atoms with Crippen molar-refractivity contribution < 1.29 is 24.4 Å². The minimum atomic E-state index is -4.64. The van der Waals surface area contributed by atoms with Crippen molar-refractivity contribution in [1.29, 1.82) is 0 Å². The average Bonchev–Trinajstić information content (AvgIpc) is 2.60. The molecule has 0 saturated heterocycles. The van der Waals surface area contributed by atoms with Gasteiger partial charge in [-0.15, -0.1) is 0 Å². The van der Waals surface area contributed by atoms with Crippen LogP contribution in [0.25, 0.3) is 0 Å². The first-order valence-corrected chi connectivity index (χ1v) is 14.6. The van der Waals surface area contributed by atoms with Gasteiger partial charge in [-0.25, -0.2) is 4.57 Å². The number of hydrogen-bond acceptors (Lipinski definition) is 3. The zero-order chi connectivity index (χ0) is 23.4. The molecule has 0 amide bonds. The third kappa shape index (κ3) is 33.1. The van der Waals surface area contributed by atoms with Crippen molar-refractivity contribution in [3.05, 3.63) is 0 Å². The Morgan fingerprint density at radius 2 is 1.00 bits per heavy atom. The van der Waals surface area contributed by atoms with Crippen LogP contribution in [-0.2, 0) is 4.57 Å². The van der Waals surface area contributed by atoms with Gasteiger partial charge in [0.25, 0.3) is 0 Å². The van der Waals surface area contributed by atoms with Gasteiger partial charge < -0.3 is 19.8 Å². The van der Waals surface area contributed by atoms with E-state index in [0.717, 1.165) is 35.8 Å². The Hall–Kier alpha value is 0.420. The predicted octanol–water partition coefficient (Wildman–Crippen LogP) is 6.64. The molecule has 0 aliphatic heterocycles. The molecule has 0 aliphatic carbocycles. The Labute approximate surface area is 191 Å². The maximum Gasteiger partial charge on any atom is 0.466 e. The Morgan fingerprint density at radius 3 is 1.37 bits per heavy atom. The van der Waals surface area contributed by atoms with Gasteiger partial charge in [-0.05, 0) is 48.0 Å². The summed E-state index contributed by atoms with van der Waals surface area (Å²) in [5, 5.41) is 8.78. The number of rotatable bonds is 18. The molecule has 3 unspecified atom stereocenters. The van der Waals surface area contributed by atoms with Crippen molar-refractivity contribution in [2.24, 2.45) is 23.7 Å². The summed E-state index contributed by atoms with van der Waals surface area (Å²) in [6, 6.07) is 0. The molecule has 0 spiro atoms. The first-order chi connectivity index (χ1) is 14.0. The Morgan fingerprint density at radius 1 is 0.633 bits per heavy atom.